The number of thioether (sulfide) groups is 1. The van der Waals surface area contributed by atoms with E-state index in [4.69, 9.17) is 32.9 Å². The molecule has 1 aromatic heterocycles. The van der Waals surface area contributed by atoms with Crippen LogP contribution in [0.15, 0.2) is 41.3 Å². The first kappa shape index (κ1) is 28.5. The Labute approximate surface area is 231 Å². The summed E-state index contributed by atoms with van der Waals surface area (Å²) in [6, 6.07) is 11.7. The van der Waals surface area contributed by atoms with Gasteiger partial charge in [0, 0.05) is 47.5 Å². The van der Waals surface area contributed by atoms with Crippen molar-refractivity contribution in [2.24, 2.45) is 0 Å². The van der Waals surface area contributed by atoms with Crippen molar-refractivity contribution < 1.29 is 9.53 Å². The zero-order valence-electron chi connectivity index (χ0n) is 19.7. The third kappa shape index (κ3) is 8.22. The first-order valence-corrected chi connectivity index (χ1v) is 14.1. The molecule has 0 unspecified atom stereocenters. The minimum Gasteiger partial charge on any atom is -0.379 e. The largest absolute Gasteiger partial charge is 0.379 e. The van der Waals surface area contributed by atoms with Crippen LogP contribution in [0.1, 0.15) is 24.8 Å². The van der Waals surface area contributed by atoms with E-state index in [1.165, 1.54) is 0 Å². The highest BCUT2D eigenvalue weighted by Gasteiger charge is 2.21. The number of hydrogen-bond donors (Lipinski definition) is 0. The number of aromatic nitrogens is 1. The lowest BCUT2D eigenvalue weighted by molar-refractivity contribution is -0.118. The van der Waals surface area contributed by atoms with Gasteiger partial charge in [-0.1, -0.05) is 34.5 Å². The van der Waals surface area contributed by atoms with Crippen LogP contribution >= 0.6 is 58.7 Å². The number of nitrogens with zero attached hydrogens (tertiary/aromatic N) is 3. The summed E-state index contributed by atoms with van der Waals surface area (Å²) < 4.78 is 6.47. The highest BCUT2D eigenvalue weighted by molar-refractivity contribution is 7.99. The first-order chi connectivity index (χ1) is 16.5. The summed E-state index contributed by atoms with van der Waals surface area (Å²) in [5.74, 6) is 1.00. The number of morpholine rings is 1. The summed E-state index contributed by atoms with van der Waals surface area (Å²) >= 11 is 15.5. The monoisotopic (exact) mass is 573 g/mol. The molecule has 10 heteroatoms. The molecule has 4 rings (SSSR count). The molecular weight excluding hydrogens is 545 g/mol. The molecule has 3 aromatic rings. The Bertz CT molecular complexity index is 1110. The molecule has 0 radical (unpaired) electrons. The second-order valence-corrected chi connectivity index (χ2v) is 11.4. The molecule has 1 amide bonds. The Balaban J connectivity index is 0.00000342. The molecule has 1 saturated heterocycles. The van der Waals surface area contributed by atoms with E-state index in [-0.39, 0.29) is 18.3 Å². The van der Waals surface area contributed by atoms with E-state index >= 15 is 0 Å². The van der Waals surface area contributed by atoms with Gasteiger partial charge in [-0.15, -0.1) is 24.2 Å². The number of halogens is 3. The molecule has 0 N–H and O–H groups in total. The molecule has 1 aliphatic heterocycles. The molecule has 2 heterocycles. The molecule has 0 atom stereocenters. The molecule has 0 aliphatic carbocycles. The molecular formula is C25H30Cl3N3O2S2. The van der Waals surface area contributed by atoms with Gasteiger partial charge in [0.05, 0.1) is 23.4 Å². The summed E-state index contributed by atoms with van der Waals surface area (Å²) in [4.78, 5) is 23.6. The van der Waals surface area contributed by atoms with E-state index < -0.39 is 0 Å². The Kier molecular flexibility index (Phi) is 11.4. The van der Waals surface area contributed by atoms with Crippen LogP contribution in [0.25, 0.3) is 10.2 Å². The molecule has 1 fully saturated rings. The summed E-state index contributed by atoms with van der Waals surface area (Å²) in [5.41, 5.74) is 1.96. The summed E-state index contributed by atoms with van der Waals surface area (Å²) in [5, 5.41) is 2.20. The van der Waals surface area contributed by atoms with Crippen molar-refractivity contribution in [2.75, 3.05) is 50.0 Å². The summed E-state index contributed by atoms with van der Waals surface area (Å²) in [6.07, 6.45) is 2.20. The normalized spacial score (nSPS) is 14.1. The van der Waals surface area contributed by atoms with Crippen LogP contribution in [0.3, 0.4) is 0 Å². The number of ether oxygens (including phenoxy) is 1. The number of hydrogen-bond acceptors (Lipinski definition) is 6. The third-order valence-electron chi connectivity index (χ3n) is 5.75. The average Bonchev–Trinajstić information content (AvgIpc) is 3.25. The van der Waals surface area contributed by atoms with Gasteiger partial charge < -0.3 is 4.74 Å². The van der Waals surface area contributed by atoms with Gasteiger partial charge in [0.2, 0.25) is 5.91 Å². The van der Waals surface area contributed by atoms with Gasteiger partial charge in [0.1, 0.15) is 0 Å². The van der Waals surface area contributed by atoms with Gasteiger partial charge in [-0.3, -0.25) is 14.6 Å². The molecule has 5 nitrogen and oxygen atoms in total. The highest BCUT2D eigenvalue weighted by Crippen LogP contribution is 2.33. The second-order valence-electron chi connectivity index (χ2n) is 8.32. The number of carbonyl (C=O) groups is 1. The summed E-state index contributed by atoms with van der Waals surface area (Å²) in [6.45, 7) is 7.10. The molecule has 0 bridgehead atoms. The van der Waals surface area contributed by atoms with Gasteiger partial charge in [-0.25, -0.2) is 4.98 Å². The fourth-order valence-electron chi connectivity index (χ4n) is 3.94. The Morgan fingerprint density at radius 2 is 1.89 bits per heavy atom. The minimum absolute atomic E-state index is 0. The van der Waals surface area contributed by atoms with Crippen molar-refractivity contribution in [2.45, 2.75) is 31.1 Å². The predicted molar refractivity (Wildman–Crippen MR) is 152 cm³/mol. The van der Waals surface area contributed by atoms with E-state index in [1.807, 2.05) is 48.2 Å². The molecule has 2 aromatic carbocycles. The number of rotatable bonds is 10. The fourth-order valence-corrected chi connectivity index (χ4v) is 6.38. The van der Waals surface area contributed by atoms with Crippen molar-refractivity contribution in [3.8, 4) is 0 Å². The van der Waals surface area contributed by atoms with Gasteiger partial charge >= 0.3 is 0 Å². The van der Waals surface area contributed by atoms with Crippen LogP contribution in [0.5, 0.6) is 0 Å². The number of aryl methyl sites for hydroxylation is 1. The predicted octanol–water partition coefficient (Wildman–Crippen LogP) is 6.96. The zero-order valence-corrected chi connectivity index (χ0v) is 23.6. The lowest BCUT2D eigenvalue weighted by atomic mass is 10.2. The number of thiazole rings is 1. The Morgan fingerprint density at radius 1 is 1.14 bits per heavy atom. The van der Waals surface area contributed by atoms with Crippen molar-refractivity contribution in [3.05, 3.63) is 52.0 Å². The van der Waals surface area contributed by atoms with E-state index in [0.717, 1.165) is 82.3 Å². The van der Waals surface area contributed by atoms with Gasteiger partial charge in [0.25, 0.3) is 0 Å². The van der Waals surface area contributed by atoms with Crippen LogP contribution in [-0.4, -0.2) is 60.9 Å². The van der Waals surface area contributed by atoms with Crippen molar-refractivity contribution in [1.82, 2.24) is 9.88 Å². The Morgan fingerprint density at radius 3 is 2.63 bits per heavy atom. The quantitative estimate of drug-likeness (QED) is 0.193. The zero-order chi connectivity index (χ0) is 23.9. The van der Waals surface area contributed by atoms with Gasteiger partial charge in [-0.2, -0.15) is 0 Å². The summed E-state index contributed by atoms with van der Waals surface area (Å²) in [7, 11) is 0. The molecule has 0 saturated carbocycles. The first-order valence-electron chi connectivity index (χ1n) is 11.5. The molecule has 1 aliphatic rings. The fraction of sp³-hybridized carbons (Fsp3) is 0.440. The third-order valence-corrected chi connectivity index (χ3v) is 8.34. The number of fused-ring (bicyclic) bond motifs is 1. The number of anilines is 1. The van der Waals surface area contributed by atoms with E-state index in [2.05, 4.69) is 4.90 Å². The van der Waals surface area contributed by atoms with Crippen molar-refractivity contribution in [1.29, 1.82) is 0 Å². The van der Waals surface area contributed by atoms with Crippen molar-refractivity contribution >= 4 is 80.0 Å². The van der Waals surface area contributed by atoms with Crippen LogP contribution in [0.4, 0.5) is 5.13 Å². The number of amides is 1. The van der Waals surface area contributed by atoms with Crippen LogP contribution in [0, 0.1) is 6.92 Å². The molecule has 0 spiro atoms. The number of benzene rings is 2. The average molecular weight is 575 g/mol. The van der Waals surface area contributed by atoms with Crippen molar-refractivity contribution in [3.63, 3.8) is 0 Å². The maximum atomic E-state index is 13.3. The van der Waals surface area contributed by atoms with Crippen LogP contribution < -0.4 is 4.90 Å². The minimum atomic E-state index is 0. The lowest BCUT2D eigenvalue weighted by Gasteiger charge is -2.27. The van der Waals surface area contributed by atoms with E-state index in [1.54, 1.807) is 23.1 Å². The maximum Gasteiger partial charge on any atom is 0.228 e. The smallest absolute Gasteiger partial charge is 0.228 e. The van der Waals surface area contributed by atoms with E-state index in [0.29, 0.717) is 18.0 Å². The SMILES string of the molecule is Cc1cc(Cl)cc2sc(N(CCCN3CCOCC3)C(=O)CCCSc3ccc(Cl)cc3)nc12.Cl. The van der Waals surface area contributed by atoms with Gasteiger partial charge in [0.15, 0.2) is 5.13 Å². The second kappa shape index (κ2) is 14.0. The topological polar surface area (TPSA) is 45.7 Å². The van der Waals surface area contributed by atoms with E-state index in [9.17, 15) is 4.79 Å². The molecule has 35 heavy (non-hydrogen) atoms. The van der Waals surface area contributed by atoms with Gasteiger partial charge in [-0.05, 0) is 67.5 Å². The lowest BCUT2D eigenvalue weighted by Crippen LogP contribution is -2.39. The molecule has 190 valence electrons. The van der Waals surface area contributed by atoms with Crippen LogP contribution in [0.2, 0.25) is 10.0 Å². The highest BCUT2D eigenvalue weighted by atomic mass is 35.5. The van der Waals surface area contributed by atoms with Crippen LogP contribution in [-0.2, 0) is 9.53 Å². The Hall–Kier alpha value is -1.06. The maximum absolute atomic E-state index is 13.3. The number of carbonyl (C=O) groups excluding carboxylic acids is 1. The standard InChI is InChI=1S/C25H29Cl2N3O2S2.ClH/c1-18-16-20(27)17-22-24(18)28-25(34-22)30(10-3-9-29-11-13-32-14-12-29)23(31)4-2-15-33-21-7-5-19(26)6-8-21;/h5-8,16-17H,2-4,9-15H2,1H3;1H.